The predicted molar refractivity (Wildman–Crippen MR) is 46.8 cm³/mol. The number of rotatable bonds is 3. The average molecular weight is 211 g/mol. The van der Waals surface area contributed by atoms with Crippen LogP contribution in [0, 0.1) is 5.92 Å². The van der Waals surface area contributed by atoms with Crippen LogP contribution in [0.2, 0.25) is 0 Å². The maximum absolute atomic E-state index is 11.6. The van der Waals surface area contributed by atoms with Gasteiger partial charge in [0.25, 0.3) is 0 Å². The number of alkyl halides is 3. The second-order valence-corrected chi connectivity index (χ2v) is 3.82. The SMILES string of the molecule is CC1CCN(CCOC(F)(F)F)CC1. The monoisotopic (exact) mass is 211 g/mol. The van der Waals surface area contributed by atoms with Crippen molar-refractivity contribution in [2.45, 2.75) is 26.1 Å². The van der Waals surface area contributed by atoms with Crippen molar-refractivity contribution in [3.8, 4) is 0 Å². The van der Waals surface area contributed by atoms with Gasteiger partial charge in [-0.25, -0.2) is 0 Å². The number of ether oxygens (including phenoxy) is 1. The molecule has 0 aromatic heterocycles. The van der Waals surface area contributed by atoms with Gasteiger partial charge in [0, 0.05) is 6.54 Å². The van der Waals surface area contributed by atoms with Crippen LogP contribution in [0.1, 0.15) is 19.8 Å². The molecule has 0 bridgehead atoms. The Labute approximate surface area is 82.0 Å². The molecular formula is C9H16F3NO. The molecule has 0 atom stereocenters. The van der Waals surface area contributed by atoms with Crippen molar-refractivity contribution in [2.24, 2.45) is 5.92 Å². The van der Waals surface area contributed by atoms with Crippen LogP contribution < -0.4 is 0 Å². The third-order valence-corrected chi connectivity index (χ3v) is 2.55. The summed E-state index contributed by atoms with van der Waals surface area (Å²) in [5, 5.41) is 0. The second-order valence-electron chi connectivity index (χ2n) is 3.82. The molecule has 0 spiro atoms. The van der Waals surface area contributed by atoms with Crippen molar-refractivity contribution in [3.63, 3.8) is 0 Å². The van der Waals surface area contributed by atoms with E-state index in [1.54, 1.807) is 0 Å². The molecule has 0 aromatic carbocycles. The van der Waals surface area contributed by atoms with E-state index >= 15 is 0 Å². The number of likely N-dealkylation sites (tertiary alicyclic amines) is 1. The lowest BCUT2D eigenvalue weighted by molar-refractivity contribution is -0.325. The van der Waals surface area contributed by atoms with E-state index in [-0.39, 0.29) is 6.61 Å². The minimum absolute atomic E-state index is 0.252. The molecule has 1 rings (SSSR count). The summed E-state index contributed by atoms with van der Waals surface area (Å²) in [6.07, 6.45) is -2.33. The quantitative estimate of drug-likeness (QED) is 0.710. The number of nitrogens with zero attached hydrogens (tertiary/aromatic N) is 1. The van der Waals surface area contributed by atoms with Crippen molar-refractivity contribution in [2.75, 3.05) is 26.2 Å². The van der Waals surface area contributed by atoms with Crippen LogP contribution in [0.3, 0.4) is 0 Å². The van der Waals surface area contributed by atoms with Crippen molar-refractivity contribution in [1.29, 1.82) is 0 Å². The van der Waals surface area contributed by atoms with Crippen LogP contribution in [-0.4, -0.2) is 37.5 Å². The van der Waals surface area contributed by atoms with Crippen molar-refractivity contribution in [3.05, 3.63) is 0 Å². The number of hydrogen-bond donors (Lipinski definition) is 0. The molecule has 1 saturated heterocycles. The highest BCUT2D eigenvalue weighted by Crippen LogP contribution is 2.18. The van der Waals surface area contributed by atoms with Gasteiger partial charge >= 0.3 is 6.36 Å². The summed E-state index contributed by atoms with van der Waals surface area (Å²) >= 11 is 0. The normalized spacial score (nSPS) is 21.4. The molecule has 1 aliphatic heterocycles. The van der Waals surface area contributed by atoms with Crippen LogP contribution in [0.4, 0.5) is 13.2 Å². The average Bonchev–Trinajstić information content (AvgIpc) is 2.06. The Bertz CT molecular complexity index is 164. The molecule has 0 amide bonds. The van der Waals surface area contributed by atoms with Gasteiger partial charge in [-0.05, 0) is 31.8 Å². The van der Waals surface area contributed by atoms with Crippen LogP contribution >= 0.6 is 0 Å². The molecule has 0 aliphatic carbocycles. The van der Waals surface area contributed by atoms with E-state index in [2.05, 4.69) is 11.7 Å². The standard InChI is InChI=1S/C9H16F3NO/c1-8-2-4-13(5-3-8)6-7-14-9(10,11)12/h8H,2-7H2,1H3. The third-order valence-electron chi connectivity index (χ3n) is 2.55. The van der Waals surface area contributed by atoms with E-state index in [1.807, 2.05) is 4.90 Å². The van der Waals surface area contributed by atoms with Gasteiger partial charge in [-0.3, -0.25) is 4.74 Å². The van der Waals surface area contributed by atoms with Gasteiger partial charge in [0.2, 0.25) is 0 Å². The smallest absolute Gasteiger partial charge is 0.301 e. The van der Waals surface area contributed by atoms with E-state index in [0.717, 1.165) is 25.9 Å². The highest BCUT2D eigenvalue weighted by Gasteiger charge is 2.29. The molecule has 0 unspecified atom stereocenters. The van der Waals surface area contributed by atoms with Crippen LogP contribution in [-0.2, 0) is 4.74 Å². The predicted octanol–water partition coefficient (Wildman–Crippen LogP) is 2.25. The van der Waals surface area contributed by atoms with E-state index < -0.39 is 6.36 Å². The van der Waals surface area contributed by atoms with Crippen LogP contribution in [0.25, 0.3) is 0 Å². The van der Waals surface area contributed by atoms with Gasteiger partial charge in [-0.1, -0.05) is 6.92 Å². The summed E-state index contributed by atoms with van der Waals surface area (Å²) < 4.78 is 38.6. The van der Waals surface area contributed by atoms with Crippen molar-refractivity contribution < 1.29 is 17.9 Å². The Hall–Kier alpha value is -0.290. The molecule has 5 heteroatoms. The molecule has 1 aliphatic rings. The molecule has 2 nitrogen and oxygen atoms in total. The summed E-state index contributed by atoms with van der Waals surface area (Å²) in [4.78, 5) is 2.02. The molecule has 1 fully saturated rings. The van der Waals surface area contributed by atoms with Crippen molar-refractivity contribution in [1.82, 2.24) is 4.90 Å². The lowest BCUT2D eigenvalue weighted by Gasteiger charge is -2.29. The van der Waals surface area contributed by atoms with Gasteiger partial charge in [0.15, 0.2) is 0 Å². The topological polar surface area (TPSA) is 12.5 Å². The minimum atomic E-state index is -4.48. The van der Waals surface area contributed by atoms with Crippen molar-refractivity contribution >= 4 is 0 Å². The Morgan fingerprint density at radius 1 is 1.29 bits per heavy atom. The highest BCUT2D eigenvalue weighted by atomic mass is 19.4. The zero-order chi connectivity index (χ0) is 10.6. The fraction of sp³-hybridized carbons (Fsp3) is 1.00. The zero-order valence-corrected chi connectivity index (χ0v) is 8.31. The highest BCUT2D eigenvalue weighted by molar-refractivity contribution is 4.68. The number of piperidine rings is 1. The first kappa shape index (κ1) is 11.8. The molecule has 0 aromatic rings. The second kappa shape index (κ2) is 4.98. The maximum Gasteiger partial charge on any atom is 0.522 e. The van der Waals surface area contributed by atoms with E-state index in [1.165, 1.54) is 0 Å². The minimum Gasteiger partial charge on any atom is -0.301 e. The fourth-order valence-corrected chi connectivity index (χ4v) is 1.58. The van der Waals surface area contributed by atoms with Crippen LogP contribution in [0.5, 0.6) is 0 Å². The summed E-state index contributed by atoms with van der Waals surface area (Å²) in [5.74, 6) is 0.704. The van der Waals surface area contributed by atoms with Gasteiger partial charge in [-0.15, -0.1) is 13.2 Å². The first-order valence-electron chi connectivity index (χ1n) is 4.90. The third kappa shape index (κ3) is 4.81. The van der Waals surface area contributed by atoms with Crippen LogP contribution in [0.15, 0.2) is 0 Å². The molecule has 1 heterocycles. The van der Waals surface area contributed by atoms with E-state index in [9.17, 15) is 13.2 Å². The molecule has 14 heavy (non-hydrogen) atoms. The van der Waals surface area contributed by atoms with E-state index in [4.69, 9.17) is 0 Å². The fourth-order valence-electron chi connectivity index (χ4n) is 1.58. The summed E-state index contributed by atoms with van der Waals surface area (Å²) in [6, 6.07) is 0. The first-order valence-corrected chi connectivity index (χ1v) is 4.90. The summed E-state index contributed by atoms with van der Waals surface area (Å²) in [5.41, 5.74) is 0. The lowest BCUT2D eigenvalue weighted by Crippen LogP contribution is -2.36. The summed E-state index contributed by atoms with van der Waals surface area (Å²) in [6.45, 7) is 4.08. The Morgan fingerprint density at radius 3 is 2.36 bits per heavy atom. The number of hydrogen-bond acceptors (Lipinski definition) is 2. The summed E-state index contributed by atoms with van der Waals surface area (Å²) in [7, 11) is 0. The first-order chi connectivity index (χ1) is 6.47. The van der Waals surface area contributed by atoms with Gasteiger partial charge in [-0.2, -0.15) is 0 Å². The molecule has 84 valence electrons. The molecular weight excluding hydrogens is 195 g/mol. The Balaban J connectivity index is 2.08. The Kier molecular flexibility index (Phi) is 4.19. The largest absolute Gasteiger partial charge is 0.522 e. The van der Waals surface area contributed by atoms with Gasteiger partial charge in [0.05, 0.1) is 6.61 Å². The lowest BCUT2D eigenvalue weighted by atomic mass is 9.99. The van der Waals surface area contributed by atoms with E-state index in [0.29, 0.717) is 12.5 Å². The Morgan fingerprint density at radius 2 is 1.86 bits per heavy atom. The van der Waals surface area contributed by atoms with Gasteiger partial charge in [0.1, 0.15) is 0 Å². The number of halogens is 3. The molecule has 0 N–H and O–H groups in total. The molecule has 0 saturated carbocycles. The zero-order valence-electron chi connectivity index (χ0n) is 8.31. The molecule has 0 radical (unpaired) electrons. The van der Waals surface area contributed by atoms with Gasteiger partial charge < -0.3 is 4.90 Å². The maximum atomic E-state index is 11.6.